The number of rotatable bonds is 5. The normalized spacial score (nSPS) is 9.94. The molecule has 0 aliphatic heterocycles. The van der Waals surface area contributed by atoms with Gasteiger partial charge in [-0.3, -0.25) is 9.59 Å². The fourth-order valence-electron chi connectivity index (χ4n) is 1.46. The molecule has 1 amide bonds. The van der Waals surface area contributed by atoms with Crippen molar-refractivity contribution in [2.75, 3.05) is 19.7 Å². The quantitative estimate of drug-likeness (QED) is 0.752. The Morgan fingerprint density at radius 2 is 1.83 bits per heavy atom. The Balaban J connectivity index is 2.73. The van der Waals surface area contributed by atoms with Crippen LogP contribution in [0.25, 0.3) is 0 Å². The van der Waals surface area contributed by atoms with E-state index in [0.717, 1.165) is 0 Å². The van der Waals surface area contributed by atoms with Gasteiger partial charge in [0.2, 0.25) is 0 Å². The Morgan fingerprint density at radius 3 is 2.33 bits per heavy atom. The van der Waals surface area contributed by atoms with Crippen LogP contribution in [0.5, 0.6) is 0 Å². The molecule has 0 bridgehead atoms. The van der Waals surface area contributed by atoms with Crippen LogP contribution in [0, 0.1) is 5.82 Å². The summed E-state index contributed by atoms with van der Waals surface area (Å²) in [5.74, 6) is -1.17. The zero-order valence-electron chi connectivity index (χ0n) is 10.5. The van der Waals surface area contributed by atoms with E-state index in [1.165, 1.54) is 29.2 Å². The maximum absolute atomic E-state index is 12.7. The Labute approximate surface area is 105 Å². The summed E-state index contributed by atoms with van der Waals surface area (Å²) < 4.78 is 17.5. The van der Waals surface area contributed by atoms with Crippen molar-refractivity contribution in [3.8, 4) is 0 Å². The number of hydrogen-bond acceptors (Lipinski definition) is 3. The molecule has 0 atom stereocenters. The van der Waals surface area contributed by atoms with Crippen LogP contribution < -0.4 is 0 Å². The van der Waals surface area contributed by atoms with Gasteiger partial charge in [0.25, 0.3) is 5.91 Å². The van der Waals surface area contributed by atoms with Crippen molar-refractivity contribution >= 4 is 11.9 Å². The fourth-order valence-corrected chi connectivity index (χ4v) is 1.46. The van der Waals surface area contributed by atoms with Gasteiger partial charge in [0, 0.05) is 12.1 Å². The third kappa shape index (κ3) is 3.84. The van der Waals surface area contributed by atoms with E-state index in [1.54, 1.807) is 13.8 Å². The number of esters is 1. The first-order valence-electron chi connectivity index (χ1n) is 5.79. The SMILES string of the molecule is CCOC(=O)CN(CC)C(=O)c1ccc(F)cc1. The first-order valence-corrected chi connectivity index (χ1v) is 5.79. The highest BCUT2D eigenvalue weighted by molar-refractivity contribution is 5.95. The number of benzene rings is 1. The van der Waals surface area contributed by atoms with E-state index in [9.17, 15) is 14.0 Å². The van der Waals surface area contributed by atoms with Crippen LogP contribution in [0.4, 0.5) is 4.39 Å². The number of hydrogen-bond donors (Lipinski definition) is 0. The van der Waals surface area contributed by atoms with E-state index in [2.05, 4.69) is 0 Å². The molecule has 0 fully saturated rings. The number of nitrogens with zero attached hydrogens (tertiary/aromatic N) is 1. The molecule has 0 aromatic heterocycles. The lowest BCUT2D eigenvalue weighted by atomic mass is 10.2. The van der Waals surface area contributed by atoms with Gasteiger partial charge in [-0.05, 0) is 38.1 Å². The molecule has 1 aromatic rings. The summed E-state index contributed by atoms with van der Waals surface area (Å²) in [6.45, 7) is 4.04. The lowest BCUT2D eigenvalue weighted by molar-refractivity contribution is -0.143. The molecule has 0 saturated carbocycles. The molecule has 1 rings (SSSR count). The predicted molar refractivity (Wildman–Crippen MR) is 64.6 cm³/mol. The molecular formula is C13H16FNO3. The van der Waals surface area contributed by atoms with E-state index in [0.29, 0.717) is 12.1 Å². The maximum Gasteiger partial charge on any atom is 0.325 e. The Morgan fingerprint density at radius 1 is 1.22 bits per heavy atom. The number of amides is 1. The van der Waals surface area contributed by atoms with Gasteiger partial charge in [-0.1, -0.05) is 0 Å². The van der Waals surface area contributed by atoms with Crippen LogP contribution in [0.15, 0.2) is 24.3 Å². The van der Waals surface area contributed by atoms with Crippen molar-refractivity contribution < 1.29 is 18.7 Å². The Kier molecular flexibility index (Phi) is 5.30. The van der Waals surface area contributed by atoms with Crippen LogP contribution in [-0.2, 0) is 9.53 Å². The molecule has 0 aliphatic rings. The second-order valence-electron chi connectivity index (χ2n) is 3.63. The van der Waals surface area contributed by atoms with Crippen LogP contribution >= 0.6 is 0 Å². The highest BCUT2D eigenvalue weighted by Gasteiger charge is 2.17. The molecule has 0 radical (unpaired) electrons. The number of halogens is 1. The van der Waals surface area contributed by atoms with Gasteiger partial charge < -0.3 is 9.64 Å². The predicted octanol–water partition coefficient (Wildman–Crippen LogP) is 1.85. The molecule has 0 heterocycles. The average molecular weight is 253 g/mol. The van der Waals surface area contributed by atoms with Gasteiger partial charge >= 0.3 is 5.97 Å². The van der Waals surface area contributed by atoms with E-state index < -0.39 is 11.8 Å². The molecule has 0 spiro atoms. The fraction of sp³-hybridized carbons (Fsp3) is 0.385. The van der Waals surface area contributed by atoms with Crippen LogP contribution in [0.1, 0.15) is 24.2 Å². The summed E-state index contributed by atoms with van der Waals surface area (Å²) in [7, 11) is 0. The molecule has 18 heavy (non-hydrogen) atoms. The standard InChI is InChI=1S/C13H16FNO3/c1-3-15(9-12(16)18-4-2)13(17)10-5-7-11(14)8-6-10/h5-8H,3-4,9H2,1-2H3. The van der Waals surface area contributed by atoms with Gasteiger partial charge in [-0.2, -0.15) is 0 Å². The number of carbonyl (C=O) groups is 2. The molecular weight excluding hydrogens is 237 g/mol. The largest absolute Gasteiger partial charge is 0.465 e. The molecule has 0 N–H and O–H groups in total. The van der Waals surface area contributed by atoms with Gasteiger partial charge in [0.05, 0.1) is 6.61 Å². The molecule has 0 aliphatic carbocycles. The number of likely N-dealkylation sites (N-methyl/N-ethyl adjacent to an activating group) is 1. The van der Waals surface area contributed by atoms with Gasteiger partial charge in [0.15, 0.2) is 0 Å². The summed E-state index contributed by atoms with van der Waals surface area (Å²) in [4.78, 5) is 24.7. The van der Waals surface area contributed by atoms with Crippen molar-refractivity contribution in [1.82, 2.24) is 4.90 Å². The van der Waals surface area contributed by atoms with E-state index in [4.69, 9.17) is 4.74 Å². The van der Waals surface area contributed by atoms with E-state index >= 15 is 0 Å². The summed E-state index contributed by atoms with van der Waals surface area (Å²) in [6.07, 6.45) is 0. The molecule has 1 aromatic carbocycles. The zero-order valence-corrected chi connectivity index (χ0v) is 10.5. The summed E-state index contributed by atoms with van der Waals surface area (Å²) in [5.41, 5.74) is 0.350. The molecule has 4 nitrogen and oxygen atoms in total. The smallest absolute Gasteiger partial charge is 0.325 e. The second kappa shape index (κ2) is 6.74. The number of carbonyl (C=O) groups excluding carboxylic acids is 2. The first kappa shape index (κ1) is 14.2. The third-order valence-corrected chi connectivity index (χ3v) is 2.39. The highest BCUT2D eigenvalue weighted by atomic mass is 19.1. The summed E-state index contributed by atoms with van der Waals surface area (Å²) in [5, 5.41) is 0. The zero-order chi connectivity index (χ0) is 13.5. The minimum atomic E-state index is -0.449. The third-order valence-electron chi connectivity index (χ3n) is 2.39. The van der Waals surface area contributed by atoms with Gasteiger partial charge in [0.1, 0.15) is 12.4 Å². The molecule has 5 heteroatoms. The molecule has 98 valence electrons. The van der Waals surface area contributed by atoms with E-state index in [-0.39, 0.29) is 19.1 Å². The van der Waals surface area contributed by atoms with Crippen molar-refractivity contribution in [3.05, 3.63) is 35.6 Å². The first-order chi connectivity index (χ1) is 8.58. The van der Waals surface area contributed by atoms with Crippen molar-refractivity contribution in [3.63, 3.8) is 0 Å². The topological polar surface area (TPSA) is 46.6 Å². The minimum absolute atomic E-state index is 0.0967. The number of ether oxygens (including phenoxy) is 1. The lowest BCUT2D eigenvalue weighted by Crippen LogP contribution is -2.36. The van der Waals surface area contributed by atoms with Crippen molar-refractivity contribution in [1.29, 1.82) is 0 Å². The lowest BCUT2D eigenvalue weighted by Gasteiger charge is -2.19. The van der Waals surface area contributed by atoms with Gasteiger partial charge in [-0.25, -0.2) is 4.39 Å². The Hall–Kier alpha value is -1.91. The monoisotopic (exact) mass is 253 g/mol. The van der Waals surface area contributed by atoms with E-state index in [1.807, 2.05) is 0 Å². The second-order valence-corrected chi connectivity index (χ2v) is 3.63. The van der Waals surface area contributed by atoms with Crippen LogP contribution in [0.3, 0.4) is 0 Å². The van der Waals surface area contributed by atoms with Crippen LogP contribution in [0.2, 0.25) is 0 Å². The van der Waals surface area contributed by atoms with Gasteiger partial charge in [-0.15, -0.1) is 0 Å². The summed E-state index contributed by atoms with van der Waals surface area (Å²) >= 11 is 0. The van der Waals surface area contributed by atoms with Crippen molar-refractivity contribution in [2.45, 2.75) is 13.8 Å². The highest BCUT2D eigenvalue weighted by Crippen LogP contribution is 2.07. The average Bonchev–Trinajstić information content (AvgIpc) is 2.36. The molecule has 0 unspecified atom stereocenters. The Bertz CT molecular complexity index is 417. The maximum atomic E-state index is 12.7. The van der Waals surface area contributed by atoms with Crippen LogP contribution in [-0.4, -0.2) is 36.5 Å². The molecule has 0 saturated heterocycles. The minimum Gasteiger partial charge on any atom is -0.465 e. The van der Waals surface area contributed by atoms with Crippen molar-refractivity contribution in [2.24, 2.45) is 0 Å². The summed E-state index contributed by atoms with van der Waals surface area (Å²) in [6, 6.07) is 5.22.